The average Bonchev–Trinajstić information content (AvgIpc) is 2.31. The molecule has 1 N–H and O–H groups in total. The Bertz CT molecular complexity index is 355. The van der Waals surface area contributed by atoms with Crippen molar-refractivity contribution in [1.29, 1.82) is 0 Å². The summed E-state index contributed by atoms with van der Waals surface area (Å²) >= 11 is 0. The summed E-state index contributed by atoms with van der Waals surface area (Å²) in [5.74, 6) is 0.327. The number of nitrogens with one attached hydrogen (secondary N) is 1. The first-order chi connectivity index (χ1) is 7.71. The number of rotatable bonds is 3. The number of hydrogen-bond donors (Lipinski definition) is 1. The number of nitrogens with zero attached hydrogens (tertiary/aromatic N) is 1. The second kappa shape index (κ2) is 4.74. The molecule has 0 aromatic carbocycles. The summed E-state index contributed by atoms with van der Waals surface area (Å²) in [7, 11) is 0. The average molecular weight is 218 g/mol. The highest BCUT2D eigenvalue weighted by molar-refractivity contribution is 5.86. The molecule has 1 aliphatic rings. The number of aromatic nitrogens is 1. The summed E-state index contributed by atoms with van der Waals surface area (Å²) in [5.41, 5.74) is 0.827. The van der Waals surface area contributed by atoms with Crippen molar-refractivity contribution in [3.05, 3.63) is 30.1 Å². The second-order valence-electron chi connectivity index (χ2n) is 4.80. The van der Waals surface area contributed by atoms with E-state index in [2.05, 4.69) is 17.2 Å². The molecule has 1 atom stereocenters. The Balaban J connectivity index is 2.02. The maximum absolute atomic E-state index is 12.2. The van der Waals surface area contributed by atoms with Gasteiger partial charge in [-0.05, 0) is 31.0 Å². The summed E-state index contributed by atoms with van der Waals surface area (Å²) in [6, 6.07) is 3.84. The van der Waals surface area contributed by atoms with E-state index in [0.717, 1.165) is 31.5 Å². The highest BCUT2D eigenvalue weighted by atomic mass is 16.1. The molecule has 0 bridgehead atoms. The highest BCUT2D eigenvalue weighted by Gasteiger charge is 2.33. The lowest BCUT2D eigenvalue weighted by Crippen LogP contribution is -2.44. The van der Waals surface area contributed by atoms with Crippen molar-refractivity contribution in [2.75, 3.05) is 13.1 Å². The van der Waals surface area contributed by atoms with E-state index >= 15 is 0 Å². The Hall–Kier alpha value is -1.22. The van der Waals surface area contributed by atoms with Gasteiger partial charge in [0.25, 0.3) is 0 Å². The summed E-state index contributed by atoms with van der Waals surface area (Å²) < 4.78 is 0. The van der Waals surface area contributed by atoms with Crippen molar-refractivity contribution in [1.82, 2.24) is 10.3 Å². The first-order valence-electron chi connectivity index (χ1n) is 5.84. The summed E-state index contributed by atoms with van der Waals surface area (Å²) in [6.45, 7) is 3.92. The summed E-state index contributed by atoms with van der Waals surface area (Å²) in [4.78, 5) is 16.3. The van der Waals surface area contributed by atoms with E-state index in [1.54, 1.807) is 12.4 Å². The molecule has 2 rings (SSSR count). The van der Waals surface area contributed by atoms with Crippen LogP contribution in [-0.2, 0) is 11.2 Å². The second-order valence-corrected chi connectivity index (χ2v) is 4.80. The van der Waals surface area contributed by atoms with Crippen LogP contribution in [0.15, 0.2) is 24.5 Å². The number of hydrogen-bond acceptors (Lipinski definition) is 3. The predicted molar refractivity (Wildman–Crippen MR) is 63.2 cm³/mol. The van der Waals surface area contributed by atoms with Crippen LogP contribution in [-0.4, -0.2) is 23.9 Å². The Morgan fingerprint density at radius 3 is 3.12 bits per heavy atom. The normalized spacial score (nSPS) is 25.3. The third-order valence-corrected chi connectivity index (χ3v) is 3.36. The molecule has 2 heterocycles. The molecule has 16 heavy (non-hydrogen) atoms. The number of ketones is 1. The molecule has 3 heteroatoms. The van der Waals surface area contributed by atoms with Gasteiger partial charge in [-0.15, -0.1) is 0 Å². The van der Waals surface area contributed by atoms with Crippen molar-refractivity contribution in [2.45, 2.75) is 26.2 Å². The molecule has 1 unspecified atom stereocenters. The lowest BCUT2D eigenvalue weighted by Gasteiger charge is -2.32. The molecule has 1 aliphatic heterocycles. The molecule has 0 spiro atoms. The monoisotopic (exact) mass is 218 g/mol. The van der Waals surface area contributed by atoms with Gasteiger partial charge in [-0.1, -0.05) is 13.0 Å². The first kappa shape index (κ1) is 11.3. The van der Waals surface area contributed by atoms with Gasteiger partial charge in [-0.2, -0.15) is 0 Å². The van der Waals surface area contributed by atoms with Gasteiger partial charge in [0.15, 0.2) is 0 Å². The summed E-state index contributed by atoms with van der Waals surface area (Å²) in [6.07, 6.45) is 6.11. The molecule has 1 fully saturated rings. The fourth-order valence-corrected chi connectivity index (χ4v) is 2.20. The molecule has 1 saturated heterocycles. The highest BCUT2D eigenvalue weighted by Crippen LogP contribution is 2.27. The number of piperidine rings is 1. The molecular formula is C13H18N2O. The van der Waals surface area contributed by atoms with Gasteiger partial charge in [-0.25, -0.2) is 0 Å². The quantitative estimate of drug-likeness (QED) is 0.837. The fourth-order valence-electron chi connectivity index (χ4n) is 2.20. The number of Topliss-reactive ketones (excluding diaryl/α,β-unsaturated/α-hetero) is 1. The van der Waals surface area contributed by atoms with Crippen LogP contribution < -0.4 is 5.32 Å². The zero-order valence-electron chi connectivity index (χ0n) is 9.70. The minimum absolute atomic E-state index is 0.186. The van der Waals surface area contributed by atoms with E-state index < -0.39 is 0 Å². The zero-order valence-corrected chi connectivity index (χ0v) is 9.70. The number of carbonyl (C=O) groups excluding carboxylic acids is 1. The molecule has 86 valence electrons. The maximum atomic E-state index is 12.2. The van der Waals surface area contributed by atoms with E-state index in [9.17, 15) is 4.79 Å². The number of pyridine rings is 1. The van der Waals surface area contributed by atoms with Crippen molar-refractivity contribution in [3.8, 4) is 0 Å². The van der Waals surface area contributed by atoms with Gasteiger partial charge >= 0.3 is 0 Å². The number of carbonyl (C=O) groups is 1. The van der Waals surface area contributed by atoms with Crippen LogP contribution in [0, 0.1) is 5.41 Å². The maximum Gasteiger partial charge on any atom is 0.144 e. The Morgan fingerprint density at radius 1 is 1.62 bits per heavy atom. The predicted octanol–water partition coefficient (Wildman–Crippen LogP) is 1.58. The molecule has 0 amide bonds. The smallest absolute Gasteiger partial charge is 0.144 e. The van der Waals surface area contributed by atoms with Crippen LogP contribution in [0.3, 0.4) is 0 Å². The van der Waals surface area contributed by atoms with E-state index in [0.29, 0.717) is 12.2 Å². The Labute approximate surface area is 96.3 Å². The van der Waals surface area contributed by atoms with Gasteiger partial charge in [0.2, 0.25) is 0 Å². The molecule has 0 radical (unpaired) electrons. The third kappa shape index (κ3) is 2.47. The standard InChI is InChI=1S/C13H18N2O/c1-13(5-3-7-15-10-13)12(16)8-11-4-2-6-14-9-11/h2,4,6,9,15H,3,5,7-8,10H2,1H3. The van der Waals surface area contributed by atoms with E-state index in [-0.39, 0.29) is 5.41 Å². The van der Waals surface area contributed by atoms with Crippen LogP contribution in [0.4, 0.5) is 0 Å². The van der Waals surface area contributed by atoms with Crippen LogP contribution in [0.5, 0.6) is 0 Å². The van der Waals surface area contributed by atoms with Crippen LogP contribution >= 0.6 is 0 Å². The first-order valence-corrected chi connectivity index (χ1v) is 5.84. The molecule has 0 saturated carbocycles. The van der Waals surface area contributed by atoms with Crippen LogP contribution in [0.2, 0.25) is 0 Å². The van der Waals surface area contributed by atoms with Gasteiger partial charge < -0.3 is 5.32 Å². The topological polar surface area (TPSA) is 42.0 Å². The Morgan fingerprint density at radius 2 is 2.50 bits per heavy atom. The largest absolute Gasteiger partial charge is 0.316 e. The van der Waals surface area contributed by atoms with Crippen molar-refractivity contribution < 1.29 is 4.79 Å². The van der Waals surface area contributed by atoms with E-state index in [1.807, 2.05) is 12.1 Å². The minimum atomic E-state index is -0.186. The third-order valence-electron chi connectivity index (χ3n) is 3.36. The molecular weight excluding hydrogens is 200 g/mol. The van der Waals surface area contributed by atoms with Crippen molar-refractivity contribution >= 4 is 5.78 Å². The van der Waals surface area contributed by atoms with Gasteiger partial charge in [0.05, 0.1) is 0 Å². The van der Waals surface area contributed by atoms with E-state index in [4.69, 9.17) is 0 Å². The molecule has 0 aliphatic carbocycles. The van der Waals surface area contributed by atoms with Crippen molar-refractivity contribution in [3.63, 3.8) is 0 Å². The van der Waals surface area contributed by atoms with E-state index in [1.165, 1.54) is 0 Å². The fraction of sp³-hybridized carbons (Fsp3) is 0.538. The molecule has 1 aromatic heterocycles. The van der Waals surface area contributed by atoms with Gasteiger partial charge in [0, 0.05) is 30.8 Å². The minimum Gasteiger partial charge on any atom is -0.316 e. The van der Waals surface area contributed by atoms with Gasteiger partial charge in [-0.3, -0.25) is 9.78 Å². The van der Waals surface area contributed by atoms with Crippen LogP contribution in [0.25, 0.3) is 0 Å². The van der Waals surface area contributed by atoms with Gasteiger partial charge in [0.1, 0.15) is 5.78 Å². The Kier molecular flexibility index (Phi) is 3.34. The summed E-state index contributed by atoms with van der Waals surface area (Å²) in [5, 5.41) is 3.31. The lowest BCUT2D eigenvalue weighted by atomic mass is 9.77. The van der Waals surface area contributed by atoms with Crippen molar-refractivity contribution in [2.24, 2.45) is 5.41 Å². The lowest BCUT2D eigenvalue weighted by molar-refractivity contribution is -0.128. The molecule has 1 aromatic rings. The SMILES string of the molecule is CC1(C(=O)Cc2cccnc2)CCCNC1. The van der Waals surface area contributed by atoms with Crippen LogP contribution in [0.1, 0.15) is 25.3 Å². The zero-order chi connectivity index (χ0) is 11.4. The molecule has 3 nitrogen and oxygen atoms in total.